The van der Waals surface area contributed by atoms with E-state index in [-0.39, 0.29) is 10.8 Å². The Balaban J connectivity index is 1.87. The Morgan fingerprint density at radius 2 is 2.06 bits per heavy atom. The topological polar surface area (TPSA) is 29.5 Å². The first-order valence-electron chi connectivity index (χ1n) is 5.58. The number of ether oxygens (including phenoxy) is 1. The zero-order valence-corrected chi connectivity index (χ0v) is 10.0. The first-order chi connectivity index (χ1) is 7.63. The van der Waals surface area contributed by atoms with E-state index in [9.17, 15) is 5.11 Å². The first kappa shape index (κ1) is 10.4. The highest BCUT2D eigenvalue weighted by Gasteiger charge is 2.68. The molecule has 86 valence electrons. The van der Waals surface area contributed by atoms with Gasteiger partial charge in [0, 0.05) is 11.6 Å². The second kappa shape index (κ2) is 3.14. The van der Waals surface area contributed by atoms with Crippen molar-refractivity contribution in [2.24, 2.45) is 5.41 Å². The molecule has 3 aliphatic rings. The van der Waals surface area contributed by atoms with Crippen LogP contribution in [0.5, 0.6) is 5.75 Å². The van der Waals surface area contributed by atoms with Crippen LogP contribution < -0.4 is 4.74 Å². The van der Waals surface area contributed by atoms with Crippen LogP contribution in [-0.4, -0.2) is 18.8 Å². The molecule has 2 nitrogen and oxygen atoms in total. The molecule has 0 atom stereocenters. The summed E-state index contributed by atoms with van der Waals surface area (Å²) in [5.74, 6) is 0.803. The lowest BCUT2D eigenvalue weighted by Crippen LogP contribution is -2.66. The number of rotatable bonds is 3. The van der Waals surface area contributed by atoms with E-state index in [1.54, 1.807) is 7.11 Å². The van der Waals surface area contributed by atoms with Crippen LogP contribution in [0.15, 0.2) is 18.2 Å². The summed E-state index contributed by atoms with van der Waals surface area (Å²) in [6.45, 7) is 0.322. The summed E-state index contributed by atoms with van der Waals surface area (Å²) < 4.78 is 5.14. The molecule has 1 N–H and O–H groups in total. The Labute approximate surface area is 100 Å². The maximum Gasteiger partial charge on any atom is 0.120 e. The molecule has 3 aliphatic carbocycles. The summed E-state index contributed by atoms with van der Waals surface area (Å²) in [6.07, 6.45) is 3.26. The molecule has 2 bridgehead atoms. The van der Waals surface area contributed by atoms with Crippen molar-refractivity contribution in [1.82, 2.24) is 0 Å². The average Bonchev–Trinajstić information content (AvgIpc) is 2.17. The molecule has 0 unspecified atom stereocenters. The van der Waals surface area contributed by atoms with Crippen LogP contribution in [0.3, 0.4) is 0 Å². The lowest BCUT2D eigenvalue weighted by molar-refractivity contribution is -0.167. The van der Waals surface area contributed by atoms with E-state index in [4.69, 9.17) is 16.3 Å². The summed E-state index contributed by atoms with van der Waals surface area (Å²) in [5, 5.41) is 10.0. The SMILES string of the molecule is COc1ccc(C23CC(CO)(C2)C3)c(Cl)c1. The van der Waals surface area contributed by atoms with Gasteiger partial charge in [-0.05, 0) is 47.8 Å². The largest absolute Gasteiger partial charge is 0.497 e. The molecule has 0 heterocycles. The van der Waals surface area contributed by atoms with Gasteiger partial charge in [-0.25, -0.2) is 0 Å². The number of halogens is 1. The molecule has 0 radical (unpaired) electrons. The number of benzene rings is 1. The van der Waals surface area contributed by atoms with Crippen molar-refractivity contribution < 1.29 is 9.84 Å². The van der Waals surface area contributed by atoms with Gasteiger partial charge in [0.25, 0.3) is 0 Å². The summed E-state index contributed by atoms with van der Waals surface area (Å²) in [6, 6.07) is 5.91. The summed E-state index contributed by atoms with van der Waals surface area (Å²) in [4.78, 5) is 0. The first-order valence-corrected chi connectivity index (χ1v) is 5.96. The number of hydrogen-bond donors (Lipinski definition) is 1. The highest BCUT2D eigenvalue weighted by atomic mass is 35.5. The second-order valence-electron chi connectivity index (χ2n) is 5.31. The molecular weight excluding hydrogens is 224 g/mol. The Morgan fingerprint density at radius 3 is 2.56 bits per heavy atom. The fourth-order valence-electron chi connectivity index (χ4n) is 3.50. The molecule has 3 fully saturated rings. The van der Waals surface area contributed by atoms with Crippen LogP contribution in [0.1, 0.15) is 24.8 Å². The molecule has 0 amide bonds. The Hall–Kier alpha value is -0.730. The summed E-state index contributed by atoms with van der Waals surface area (Å²) >= 11 is 6.28. The predicted octanol–water partition coefficient (Wildman–Crippen LogP) is 2.76. The van der Waals surface area contributed by atoms with E-state index in [0.29, 0.717) is 6.61 Å². The lowest BCUT2D eigenvalue weighted by atomic mass is 9.34. The monoisotopic (exact) mass is 238 g/mol. The van der Waals surface area contributed by atoms with Gasteiger partial charge >= 0.3 is 0 Å². The fourth-order valence-corrected chi connectivity index (χ4v) is 3.88. The molecule has 0 spiro atoms. The third-order valence-corrected chi connectivity index (χ3v) is 4.54. The Bertz CT molecular complexity index is 422. The molecule has 1 aromatic carbocycles. The van der Waals surface area contributed by atoms with Gasteiger partial charge in [0.05, 0.1) is 7.11 Å². The van der Waals surface area contributed by atoms with Crippen LogP contribution >= 0.6 is 11.6 Å². The van der Waals surface area contributed by atoms with Gasteiger partial charge in [0.15, 0.2) is 0 Å². The highest BCUT2D eigenvalue weighted by Crippen LogP contribution is 2.74. The van der Waals surface area contributed by atoms with Gasteiger partial charge in [0.2, 0.25) is 0 Å². The van der Waals surface area contributed by atoms with Crippen molar-refractivity contribution in [2.45, 2.75) is 24.7 Å². The number of methoxy groups -OCH3 is 1. The normalized spacial score (nSPS) is 35.2. The van der Waals surface area contributed by atoms with Gasteiger partial charge < -0.3 is 9.84 Å². The maximum atomic E-state index is 9.24. The van der Waals surface area contributed by atoms with Crippen LogP contribution in [0.25, 0.3) is 0 Å². The van der Waals surface area contributed by atoms with E-state index in [1.807, 2.05) is 12.1 Å². The van der Waals surface area contributed by atoms with Gasteiger partial charge in [-0.15, -0.1) is 0 Å². The third kappa shape index (κ3) is 1.17. The number of aliphatic hydroxyl groups excluding tert-OH is 1. The van der Waals surface area contributed by atoms with Gasteiger partial charge in [-0.3, -0.25) is 0 Å². The third-order valence-electron chi connectivity index (χ3n) is 4.22. The maximum absolute atomic E-state index is 9.24. The molecule has 3 heteroatoms. The molecule has 1 aromatic rings. The van der Waals surface area contributed by atoms with Crippen molar-refractivity contribution in [3.63, 3.8) is 0 Å². The van der Waals surface area contributed by atoms with E-state index in [0.717, 1.165) is 30.0 Å². The summed E-state index contributed by atoms with van der Waals surface area (Å²) in [5.41, 5.74) is 1.71. The lowest BCUT2D eigenvalue weighted by Gasteiger charge is -2.70. The average molecular weight is 239 g/mol. The van der Waals surface area contributed by atoms with E-state index < -0.39 is 0 Å². The fraction of sp³-hybridized carbons (Fsp3) is 0.538. The van der Waals surface area contributed by atoms with Crippen LogP contribution in [0.4, 0.5) is 0 Å². The van der Waals surface area contributed by atoms with E-state index in [2.05, 4.69) is 6.07 Å². The van der Waals surface area contributed by atoms with Crippen LogP contribution in [-0.2, 0) is 5.41 Å². The van der Waals surface area contributed by atoms with Gasteiger partial charge in [0.1, 0.15) is 5.75 Å². The minimum atomic E-state index is 0.225. The molecular formula is C13H15ClO2. The molecule has 0 aliphatic heterocycles. The smallest absolute Gasteiger partial charge is 0.120 e. The summed E-state index contributed by atoms with van der Waals surface area (Å²) in [7, 11) is 1.65. The minimum absolute atomic E-state index is 0.225. The molecule has 3 saturated carbocycles. The second-order valence-corrected chi connectivity index (χ2v) is 5.72. The van der Waals surface area contributed by atoms with Crippen molar-refractivity contribution in [3.8, 4) is 5.75 Å². The zero-order valence-electron chi connectivity index (χ0n) is 9.29. The number of hydrogen-bond acceptors (Lipinski definition) is 2. The van der Waals surface area contributed by atoms with Crippen molar-refractivity contribution >= 4 is 11.6 Å². The Kier molecular flexibility index (Phi) is 2.05. The highest BCUT2D eigenvalue weighted by molar-refractivity contribution is 6.31. The number of aliphatic hydroxyl groups is 1. The van der Waals surface area contributed by atoms with Crippen molar-refractivity contribution in [3.05, 3.63) is 28.8 Å². The predicted molar refractivity (Wildman–Crippen MR) is 63.1 cm³/mol. The van der Waals surface area contributed by atoms with Gasteiger partial charge in [-0.1, -0.05) is 17.7 Å². The van der Waals surface area contributed by atoms with Crippen LogP contribution in [0.2, 0.25) is 5.02 Å². The standard InChI is InChI=1S/C13H15ClO2/c1-16-9-2-3-10(11(14)4-9)13-5-12(6-13,7-13)8-15/h2-4,15H,5-8H2,1H3. The van der Waals surface area contributed by atoms with E-state index in [1.165, 1.54) is 5.56 Å². The molecule has 0 saturated heterocycles. The molecule has 4 rings (SSSR count). The van der Waals surface area contributed by atoms with Crippen molar-refractivity contribution in [1.29, 1.82) is 0 Å². The van der Waals surface area contributed by atoms with Crippen molar-refractivity contribution in [2.75, 3.05) is 13.7 Å². The van der Waals surface area contributed by atoms with Crippen LogP contribution in [0, 0.1) is 5.41 Å². The zero-order chi connectivity index (χ0) is 11.4. The molecule has 16 heavy (non-hydrogen) atoms. The Morgan fingerprint density at radius 1 is 1.38 bits per heavy atom. The van der Waals surface area contributed by atoms with Gasteiger partial charge in [-0.2, -0.15) is 0 Å². The molecule has 0 aromatic heterocycles. The minimum Gasteiger partial charge on any atom is -0.497 e. The quantitative estimate of drug-likeness (QED) is 0.878. The van der Waals surface area contributed by atoms with E-state index >= 15 is 0 Å².